The molecule has 0 saturated carbocycles. The number of benzene rings is 1. The Morgan fingerprint density at radius 1 is 1.21 bits per heavy atom. The van der Waals surface area contributed by atoms with Crippen molar-refractivity contribution in [2.75, 3.05) is 32.4 Å². The second-order valence-electron chi connectivity index (χ2n) is 3.40. The van der Waals surface area contributed by atoms with E-state index < -0.39 is 29.2 Å². The summed E-state index contributed by atoms with van der Waals surface area (Å²) in [7, 11) is 1.50. The number of carbonyl (C=O) groups is 1. The van der Waals surface area contributed by atoms with Crippen molar-refractivity contribution in [2.45, 2.75) is 0 Å². The minimum atomic E-state index is -1.64. The molecule has 0 radical (unpaired) electrons. The molecule has 0 bridgehead atoms. The Bertz CT molecular complexity index is 443. The molecule has 0 spiro atoms. The highest BCUT2D eigenvalue weighted by Gasteiger charge is 2.14. The topological polar surface area (TPSA) is 59.6 Å². The molecule has 1 aromatic carbocycles. The Morgan fingerprint density at radius 2 is 1.95 bits per heavy atom. The third-order valence-electron chi connectivity index (χ3n) is 2.05. The number of amides is 2. The van der Waals surface area contributed by atoms with Crippen LogP contribution >= 0.6 is 0 Å². The quantitative estimate of drug-likeness (QED) is 0.474. The van der Waals surface area contributed by atoms with Crippen LogP contribution < -0.4 is 10.6 Å². The van der Waals surface area contributed by atoms with Gasteiger partial charge in [0.15, 0.2) is 17.5 Å². The molecule has 0 atom stereocenters. The van der Waals surface area contributed by atoms with Gasteiger partial charge in [-0.1, -0.05) is 0 Å². The third-order valence-corrected chi connectivity index (χ3v) is 2.05. The van der Waals surface area contributed by atoms with Gasteiger partial charge in [-0.25, -0.2) is 18.0 Å². The average Bonchev–Trinajstić information content (AvgIpc) is 2.39. The van der Waals surface area contributed by atoms with Gasteiger partial charge >= 0.3 is 6.03 Å². The first kappa shape index (κ1) is 15.3. The predicted octanol–water partition coefficient (Wildman–Crippen LogP) is 1.85. The van der Waals surface area contributed by atoms with Crippen LogP contribution in [0.5, 0.6) is 0 Å². The predicted molar refractivity (Wildman–Crippen MR) is 61.2 cm³/mol. The van der Waals surface area contributed by atoms with Crippen LogP contribution in [0.4, 0.5) is 23.7 Å². The van der Waals surface area contributed by atoms with Crippen molar-refractivity contribution in [3.05, 3.63) is 29.6 Å². The number of anilines is 1. The van der Waals surface area contributed by atoms with Crippen LogP contribution in [0, 0.1) is 17.5 Å². The van der Waals surface area contributed by atoms with E-state index >= 15 is 0 Å². The third kappa shape index (κ3) is 4.76. The molecule has 1 aromatic rings. The Morgan fingerprint density at radius 3 is 2.63 bits per heavy atom. The molecule has 0 aliphatic carbocycles. The van der Waals surface area contributed by atoms with Gasteiger partial charge in [0.05, 0.1) is 18.9 Å². The van der Waals surface area contributed by atoms with Crippen molar-refractivity contribution < 1.29 is 27.4 Å². The summed E-state index contributed by atoms with van der Waals surface area (Å²) in [6.07, 6.45) is 0. The molecule has 2 amide bonds. The number of urea groups is 1. The van der Waals surface area contributed by atoms with Gasteiger partial charge in [0.1, 0.15) is 6.73 Å². The summed E-state index contributed by atoms with van der Waals surface area (Å²) in [5.41, 5.74) is -0.465. The molecule has 0 heterocycles. The fraction of sp³-hybridized carbons (Fsp3) is 0.364. The van der Waals surface area contributed by atoms with Crippen molar-refractivity contribution in [3.63, 3.8) is 0 Å². The zero-order valence-electron chi connectivity index (χ0n) is 10.1. The van der Waals surface area contributed by atoms with Crippen molar-refractivity contribution in [3.8, 4) is 0 Å². The second-order valence-corrected chi connectivity index (χ2v) is 3.40. The molecule has 0 unspecified atom stereocenters. The van der Waals surface area contributed by atoms with Gasteiger partial charge in [-0.05, 0) is 12.1 Å². The van der Waals surface area contributed by atoms with E-state index in [0.717, 1.165) is 6.07 Å². The molecule has 106 valence electrons. The van der Waals surface area contributed by atoms with E-state index in [1.807, 2.05) is 5.32 Å². The van der Waals surface area contributed by atoms with Crippen molar-refractivity contribution in [1.82, 2.24) is 5.32 Å². The summed E-state index contributed by atoms with van der Waals surface area (Å²) >= 11 is 0. The van der Waals surface area contributed by atoms with Crippen molar-refractivity contribution in [2.24, 2.45) is 0 Å². The van der Waals surface area contributed by atoms with Crippen LogP contribution in [-0.4, -0.2) is 33.1 Å². The minimum absolute atomic E-state index is 0.125. The van der Waals surface area contributed by atoms with Crippen LogP contribution in [0.2, 0.25) is 0 Å². The van der Waals surface area contributed by atoms with E-state index in [9.17, 15) is 18.0 Å². The normalized spacial score (nSPS) is 10.3. The lowest BCUT2D eigenvalue weighted by Gasteiger charge is -2.09. The number of ether oxygens (including phenoxy) is 2. The van der Waals surface area contributed by atoms with E-state index in [1.165, 1.54) is 7.11 Å². The van der Waals surface area contributed by atoms with E-state index in [0.29, 0.717) is 12.7 Å². The number of rotatable bonds is 6. The molecule has 19 heavy (non-hydrogen) atoms. The molecule has 0 aliphatic rings. The average molecular weight is 278 g/mol. The van der Waals surface area contributed by atoms with Crippen molar-refractivity contribution in [1.29, 1.82) is 0 Å². The number of halogens is 3. The van der Waals surface area contributed by atoms with Gasteiger partial charge in [-0.2, -0.15) is 0 Å². The molecule has 5 nitrogen and oxygen atoms in total. The fourth-order valence-corrected chi connectivity index (χ4v) is 1.12. The van der Waals surface area contributed by atoms with Gasteiger partial charge in [0, 0.05) is 7.11 Å². The maximum absolute atomic E-state index is 13.2. The molecule has 0 aliphatic heterocycles. The smallest absolute Gasteiger partial charge is 0.321 e. The van der Waals surface area contributed by atoms with Crippen LogP contribution in [0.15, 0.2) is 12.1 Å². The van der Waals surface area contributed by atoms with Gasteiger partial charge in [-0.3, -0.25) is 0 Å². The fourth-order valence-electron chi connectivity index (χ4n) is 1.12. The lowest BCUT2D eigenvalue weighted by molar-refractivity contribution is 0.0650. The minimum Gasteiger partial charge on any atom is -0.382 e. The molecule has 0 aromatic heterocycles. The highest BCUT2D eigenvalue weighted by Crippen LogP contribution is 2.19. The molecular formula is C11H13F3N2O3. The number of methoxy groups -OCH3 is 1. The SMILES string of the molecule is COCCOCNC(=O)Nc1ccc(F)c(F)c1F. The lowest BCUT2D eigenvalue weighted by atomic mass is 10.3. The van der Waals surface area contributed by atoms with E-state index in [4.69, 9.17) is 9.47 Å². The summed E-state index contributed by atoms with van der Waals surface area (Å²) in [5.74, 6) is -4.43. The number of nitrogens with one attached hydrogen (secondary N) is 2. The van der Waals surface area contributed by atoms with Crippen molar-refractivity contribution >= 4 is 11.7 Å². The highest BCUT2D eigenvalue weighted by molar-refractivity contribution is 5.89. The lowest BCUT2D eigenvalue weighted by Crippen LogP contribution is -2.31. The molecule has 0 fully saturated rings. The van der Waals surface area contributed by atoms with Gasteiger partial charge in [0.2, 0.25) is 0 Å². The molecule has 8 heteroatoms. The first-order valence-corrected chi connectivity index (χ1v) is 5.31. The van der Waals surface area contributed by atoms with Crippen LogP contribution in [0.1, 0.15) is 0 Å². The summed E-state index contributed by atoms with van der Waals surface area (Å²) < 4.78 is 48.4. The maximum Gasteiger partial charge on any atom is 0.321 e. The summed E-state index contributed by atoms with van der Waals surface area (Å²) in [4.78, 5) is 11.3. The van der Waals surface area contributed by atoms with Crippen LogP contribution in [0.25, 0.3) is 0 Å². The Labute approximate surface area is 107 Å². The van der Waals surface area contributed by atoms with Crippen LogP contribution in [0.3, 0.4) is 0 Å². The Kier molecular flexibility index (Phi) is 6.10. The first-order valence-electron chi connectivity index (χ1n) is 5.31. The number of hydrogen-bond donors (Lipinski definition) is 2. The van der Waals surface area contributed by atoms with Gasteiger partial charge in [0.25, 0.3) is 0 Å². The zero-order chi connectivity index (χ0) is 14.3. The standard InChI is InChI=1S/C11H13F3N2O3/c1-18-4-5-19-6-15-11(17)16-8-3-2-7(12)9(13)10(8)14/h2-3H,4-6H2,1H3,(H2,15,16,17). The number of carbonyl (C=O) groups excluding carboxylic acids is 1. The molecular weight excluding hydrogens is 265 g/mol. The first-order chi connectivity index (χ1) is 9.06. The highest BCUT2D eigenvalue weighted by atomic mass is 19.2. The largest absolute Gasteiger partial charge is 0.382 e. The molecule has 2 N–H and O–H groups in total. The summed E-state index contributed by atoms with van der Waals surface area (Å²) in [6, 6.07) is 0.824. The van der Waals surface area contributed by atoms with Gasteiger partial charge in [-0.15, -0.1) is 0 Å². The zero-order valence-corrected chi connectivity index (χ0v) is 10.1. The number of hydrogen-bond acceptors (Lipinski definition) is 3. The monoisotopic (exact) mass is 278 g/mol. The Balaban J connectivity index is 2.42. The van der Waals surface area contributed by atoms with E-state index in [1.54, 1.807) is 0 Å². The Hall–Kier alpha value is -1.80. The second kappa shape index (κ2) is 7.59. The molecule has 0 saturated heterocycles. The molecule has 1 rings (SSSR count). The van der Waals surface area contributed by atoms with E-state index in [-0.39, 0.29) is 13.3 Å². The van der Waals surface area contributed by atoms with Gasteiger partial charge < -0.3 is 20.1 Å². The van der Waals surface area contributed by atoms with Crippen LogP contribution in [-0.2, 0) is 9.47 Å². The van der Waals surface area contributed by atoms with E-state index in [2.05, 4.69) is 5.32 Å². The summed E-state index contributed by atoms with van der Waals surface area (Å²) in [6.45, 7) is 0.512. The maximum atomic E-state index is 13.2. The summed E-state index contributed by atoms with van der Waals surface area (Å²) in [5, 5.41) is 4.27.